The minimum atomic E-state index is -0.397. The van der Waals surface area contributed by atoms with Crippen LogP contribution >= 0.6 is 12.2 Å². The van der Waals surface area contributed by atoms with Crippen LogP contribution in [0.25, 0.3) is 0 Å². The van der Waals surface area contributed by atoms with Crippen LogP contribution in [0.15, 0.2) is 24.3 Å². The fraction of sp³-hybridized carbons (Fsp3) is 0.526. The number of thiocarbonyl (C=S) groups is 1. The van der Waals surface area contributed by atoms with E-state index in [1.165, 1.54) is 37.1 Å². The average Bonchev–Trinajstić information content (AvgIpc) is 2.62. The van der Waals surface area contributed by atoms with Gasteiger partial charge in [0, 0.05) is 24.4 Å². The van der Waals surface area contributed by atoms with E-state index in [4.69, 9.17) is 12.2 Å². The summed E-state index contributed by atoms with van der Waals surface area (Å²) >= 11 is 5.23. The normalized spacial score (nSPS) is 22.3. The molecule has 1 aromatic carbocycles. The number of carbonyl (C=O) groups excluding carboxylic acids is 2. The van der Waals surface area contributed by atoms with Crippen molar-refractivity contribution >= 4 is 29.0 Å². The number of hydrogen-bond donors (Lipinski definition) is 3. The molecule has 0 unspecified atom stereocenters. The summed E-state index contributed by atoms with van der Waals surface area (Å²) in [6.07, 6.45) is 3.55. The monoisotopic (exact) mass is 379 g/mol. The number of carbonyl (C=O) groups is 2. The molecule has 1 fully saturated rings. The second-order valence-corrected chi connectivity index (χ2v) is 7.36. The molecule has 2 rings (SSSR count). The summed E-state index contributed by atoms with van der Waals surface area (Å²) in [4.78, 5) is 23.8. The Morgan fingerprint density at radius 3 is 2.50 bits per heavy atom. The second kappa shape index (κ2) is 9.62. The molecule has 0 heterocycles. The van der Waals surface area contributed by atoms with Crippen LogP contribution in [0.2, 0.25) is 0 Å². The zero-order valence-electron chi connectivity index (χ0n) is 15.2. The molecule has 1 aliphatic carbocycles. The van der Waals surface area contributed by atoms with Crippen molar-refractivity contribution in [1.82, 2.24) is 16.2 Å². The Hall–Kier alpha value is -2.02. The van der Waals surface area contributed by atoms with Crippen LogP contribution in [0.1, 0.15) is 56.3 Å². The smallest absolute Gasteiger partial charge is 0.238 e. The lowest BCUT2D eigenvalue weighted by Gasteiger charge is -2.35. The van der Waals surface area contributed by atoms with Crippen molar-refractivity contribution < 1.29 is 14.0 Å². The van der Waals surface area contributed by atoms with Crippen molar-refractivity contribution in [3.05, 3.63) is 35.6 Å². The molecule has 26 heavy (non-hydrogen) atoms. The molecule has 3 atom stereocenters. The molecule has 0 radical (unpaired) electrons. The van der Waals surface area contributed by atoms with Gasteiger partial charge < -0.3 is 5.32 Å². The first-order valence-electron chi connectivity index (χ1n) is 9.01. The number of Topliss-reactive ketones (excluding diaryl/α,β-unsaturated/α-hetero) is 1. The van der Waals surface area contributed by atoms with Crippen molar-refractivity contribution in [3.8, 4) is 0 Å². The summed E-state index contributed by atoms with van der Waals surface area (Å²) in [5.74, 6) is 0.246. The highest BCUT2D eigenvalue weighted by molar-refractivity contribution is 7.80. The number of halogens is 1. The lowest BCUT2D eigenvalue weighted by Crippen LogP contribution is -2.52. The Morgan fingerprint density at radius 2 is 1.81 bits per heavy atom. The Balaban J connectivity index is 1.68. The topological polar surface area (TPSA) is 70.2 Å². The minimum Gasteiger partial charge on any atom is -0.358 e. The first kappa shape index (κ1) is 20.3. The zero-order chi connectivity index (χ0) is 19.1. The third kappa shape index (κ3) is 6.05. The van der Waals surface area contributed by atoms with Gasteiger partial charge in [0.15, 0.2) is 10.9 Å². The first-order chi connectivity index (χ1) is 12.4. The average molecular weight is 380 g/mol. The number of amides is 1. The summed E-state index contributed by atoms with van der Waals surface area (Å²) in [7, 11) is 0. The van der Waals surface area contributed by atoms with E-state index in [1.807, 2.05) is 0 Å². The van der Waals surface area contributed by atoms with Gasteiger partial charge in [-0.25, -0.2) is 4.39 Å². The van der Waals surface area contributed by atoms with E-state index in [-0.39, 0.29) is 24.5 Å². The van der Waals surface area contributed by atoms with E-state index < -0.39 is 5.82 Å². The molecule has 142 valence electrons. The van der Waals surface area contributed by atoms with Crippen molar-refractivity contribution in [2.45, 2.75) is 52.0 Å². The van der Waals surface area contributed by atoms with E-state index in [9.17, 15) is 14.0 Å². The SMILES string of the molecule is C[C@@H]1[C@@H](C)CCC[C@H]1NC(=S)NNC(=O)CCC(=O)c1ccc(F)cc1. The summed E-state index contributed by atoms with van der Waals surface area (Å²) in [6.45, 7) is 4.46. The Morgan fingerprint density at radius 1 is 1.12 bits per heavy atom. The summed E-state index contributed by atoms with van der Waals surface area (Å²) in [6, 6.07) is 5.59. The Bertz CT molecular complexity index is 651. The van der Waals surface area contributed by atoms with E-state index in [0.29, 0.717) is 28.6 Å². The molecule has 0 saturated heterocycles. The highest BCUT2D eigenvalue weighted by Crippen LogP contribution is 2.29. The predicted molar refractivity (Wildman–Crippen MR) is 103 cm³/mol. The van der Waals surface area contributed by atoms with Crippen LogP contribution in [0.3, 0.4) is 0 Å². The van der Waals surface area contributed by atoms with Crippen LogP contribution < -0.4 is 16.2 Å². The number of hydrazine groups is 1. The molecular weight excluding hydrogens is 353 g/mol. The van der Waals surface area contributed by atoms with Crippen LogP contribution in [-0.2, 0) is 4.79 Å². The molecule has 7 heteroatoms. The Kier molecular flexibility index (Phi) is 7.50. The highest BCUT2D eigenvalue weighted by Gasteiger charge is 2.27. The molecule has 1 amide bonds. The molecular formula is C19H26FN3O2S. The second-order valence-electron chi connectivity index (χ2n) is 6.95. The van der Waals surface area contributed by atoms with Gasteiger partial charge in [-0.2, -0.15) is 0 Å². The number of rotatable bonds is 5. The van der Waals surface area contributed by atoms with Crippen molar-refractivity contribution in [2.24, 2.45) is 11.8 Å². The standard InChI is InChI=1S/C19H26FN3O2S/c1-12-4-3-5-16(13(12)2)21-19(26)23-22-18(25)11-10-17(24)14-6-8-15(20)9-7-14/h6-9,12-13,16H,3-5,10-11H2,1-2H3,(H,22,25)(H2,21,23,26)/t12-,13+,16+/m0/s1. The third-order valence-electron chi connectivity index (χ3n) is 5.08. The number of nitrogens with one attached hydrogen (secondary N) is 3. The summed E-state index contributed by atoms with van der Waals surface area (Å²) in [5.41, 5.74) is 5.60. The lowest BCUT2D eigenvalue weighted by molar-refractivity contribution is -0.121. The summed E-state index contributed by atoms with van der Waals surface area (Å²) < 4.78 is 12.9. The molecule has 0 aliphatic heterocycles. The molecule has 1 aromatic rings. The molecule has 1 saturated carbocycles. The van der Waals surface area contributed by atoms with Gasteiger partial charge in [0.2, 0.25) is 5.91 Å². The zero-order valence-corrected chi connectivity index (χ0v) is 16.0. The van der Waals surface area contributed by atoms with Gasteiger partial charge in [-0.15, -0.1) is 0 Å². The number of ketones is 1. The molecule has 0 aromatic heterocycles. The molecule has 3 N–H and O–H groups in total. The fourth-order valence-electron chi connectivity index (χ4n) is 3.19. The molecule has 0 spiro atoms. The largest absolute Gasteiger partial charge is 0.358 e. The van der Waals surface area contributed by atoms with Crippen LogP contribution in [0.4, 0.5) is 4.39 Å². The maximum absolute atomic E-state index is 12.9. The number of benzene rings is 1. The van der Waals surface area contributed by atoms with Gasteiger partial charge in [0.05, 0.1) is 0 Å². The fourth-order valence-corrected chi connectivity index (χ4v) is 3.39. The lowest BCUT2D eigenvalue weighted by atomic mass is 9.78. The van der Waals surface area contributed by atoms with Gasteiger partial charge in [-0.1, -0.05) is 26.7 Å². The van der Waals surface area contributed by atoms with Gasteiger partial charge >= 0.3 is 0 Å². The van der Waals surface area contributed by atoms with Gasteiger partial charge in [-0.3, -0.25) is 20.4 Å². The van der Waals surface area contributed by atoms with Crippen molar-refractivity contribution in [3.63, 3.8) is 0 Å². The van der Waals surface area contributed by atoms with E-state index in [2.05, 4.69) is 30.0 Å². The van der Waals surface area contributed by atoms with Crippen LogP contribution in [-0.4, -0.2) is 22.8 Å². The van der Waals surface area contributed by atoms with Crippen molar-refractivity contribution in [1.29, 1.82) is 0 Å². The van der Waals surface area contributed by atoms with Gasteiger partial charge in [0.25, 0.3) is 0 Å². The highest BCUT2D eigenvalue weighted by atomic mass is 32.1. The third-order valence-corrected chi connectivity index (χ3v) is 5.30. The van der Waals surface area contributed by atoms with Gasteiger partial charge in [0.1, 0.15) is 5.82 Å². The maximum Gasteiger partial charge on any atom is 0.238 e. The number of hydrogen-bond acceptors (Lipinski definition) is 3. The van der Waals surface area contributed by atoms with E-state index in [1.54, 1.807) is 0 Å². The quantitative estimate of drug-likeness (QED) is 0.417. The molecule has 5 nitrogen and oxygen atoms in total. The minimum absolute atomic E-state index is 0.0304. The van der Waals surface area contributed by atoms with Gasteiger partial charge in [-0.05, 0) is 54.7 Å². The van der Waals surface area contributed by atoms with E-state index in [0.717, 1.165) is 6.42 Å². The summed E-state index contributed by atoms with van der Waals surface area (Å²) in [5, 5.41) is 3.64. The predicted octanol–water partition coefficient (Wildman–Crippen LogP) is 3.11. The van der Waals surface area contributed by atoms with E-state index >= 15 is 0 Å². The maximum atomic E-state index is 12.9. The first-order valence-corrected chi connectivity index (χ1v) is 9.41. The Labute approximate surface area is 159 Å². The molecule has 1 aliphatic rings. The molecule has 0 bridgehead atoms. The van der Waals surface area contributed by atoms with Crippen LogP contribution in [0, 0.1) is 17.7 Å². The van der Waals surface area contributed by atoms with Crippen molar-refractivity contribution in [2.75, 3.05) is 0 Å². The van der Waals surface area contributed by atoms with Crippen LogP contribution in [0.5, 0.6) is 0 Å².